The van der Waals surface area contributed by atoms with Gasteiger partial charge < -0.3 is 15.5 Å². The van der Waals surface area contributed by atoms with Crippen LogP contribution in [0.1, 0.15) is 12.8 Å². The van der Waals surface area contributed by atoms with Crippen molar-refractivity contribution in [1.82, 2.24) is 9.80 Å². The lowest BCUT2D eigenvalue weighted by Gasteiger charge is -2.34. The summed E-state index contributed by atoms with van der Waals surface area (Å²) in [6.07, 6.45) is 3.95. The lowest BCUT2D eigenvalue weighted by atomic mass is 10.0. The number of likely N-dealkylation sites (tertiary alicyclic amines) is 1. The van der Waals surface area contributed by atoms with Gasteiger partial charge in [0.2, 0.25) is 0 Å². The third kappa shape index (κ3) is 3.64. The van der Waals surface area contributed by atoms with Gasteiger partial charge >= 0.3 is 0 Å². The van der Waals surface area contributed by atoms with Gasteiger partial charge in [-0.05, 0) is 40.0 Å². The van der Waals surface area contributed by atoms with E-state index in [9.17, 15) is 0 Å². The summed E-state index contributed by atoms with van der Waals surface area (Å²) in [7, 11) is 4.33. The Morgan fingerprint density at radius 2 is 2.07 bits per heavy atom. The van der Waals surface area contributed by atoms with Crippen LogP contribution in [0.2, 0.25) is 0 Å². The Hall–Kier alpha value is -0.610. The summed E-state index contributed by atoms with van der Waals surface area (Å²) in [5, 5.41) is 0. The maximum Gasteiger partial charge on any atom is 0.0798 e. The molecule has 1 aliphatic heterocycles. The minimum absolute atomic E-state index is 0.768. The van der Waals surface area contributed by atoms with Crippen LogP contribution < -0.4 is 5.73 Å². The van der Waals surface area contributed by atoms with Gasteiger partial charge in [-0.3, -0.25) is 4.99 Å². The smallest absolute Gasteiger partial charge is 0.0798 e. The van der Waals surface area contributed by atoms with E-state index < -0.39 is 0 Å². The second kappa shape index (κ2) is 5.98. The Morgan fingerprint density at radius 3 is 2.57 bits per heavy atom. The number of rotatable bonds is 4. The Balaban J connectivity index is 2.15. The van der Waals surface area contributed by atoms with Gasteiger partial charge in [0.1, 0.15) is 0 Å². The molecule has 1 rings (SSSR count). The van der Waals surface area contributed by atoms with Gasteiger partial charge in [0.15, 0.2) is 0 Å². The van der Waals surface area contributed by atoms with E-state index in [2.05, 4.69) is 28.9 Å². The fourth-order valence-electron chi connectivity index (χ4n) is 1.93. The SMILES string of the molecule is CN(C)C1CCN(CCN=CN)CC1. The molecular formula is C10H22N4. The first-order chi connectivity index (χ1) is 6.74. The van der Waals surface area contributed by atoms with E-state index in [1.807, 2.05) is 0 Å². The van der Waals surface area contributed by atoms with Crippen LogP contribution >= 0.6 is 0 Å². The van der Waals surface area contributed by atoms with Gasteiger partial charge in [-0.2, -0.15) is 0 Å². The molecule has 4 nitrogen and oxygen atoms in total. The lowest BCUT2D eigenvalue weighted by Crippen LogP contribution is -2.42. The van der Waals surface area contributed by atoms with Crippen molar-refractivity contribution in [3.8, 4) is 0 Å². The molecule has 0 saturated carbocycles. The summed E-state index contributed by atoms with van der Waals surface area (Å²) in [5.41, 5.74) is 5.19. The van der Waals surface area contributed by atoms with Crippen molar-refractivity contribution in [2.24, 2.45) is 10.7 Å². The summed E-state index contributed by atoms with van der Waals surface area (Å²) in [6, 6.07) is 0.768. The monoisotopic (exact) mass is 198 g/mol. The fourth-order valence-corrected chi connectivity index (χ4v) is 1.93. The summed E-state index contributed by atoms with van der Waals surface area (Å²) >= 11 is 0. The van der Waals surface area contributed by atoms with E-state index >= 15 is 0 Å². The van der Waals surface area contributed by atoms with Crippen LogP contribution in [0.5, 0.6) is 0 Å². The molecule has 14 heavy (non-hydrogen) atoms. The van der Waals surface area contributed by atoms with Gasteiger partial charge in [-0.1, -0.05) is 0 Å². The van der Waals surface area contributed by atoms with Crippen LogP contribution in [0, 0.1) is 0 Å². The molecule has 0 amide bonds. The minimum atomic E-state index is 0.768. The molecule has 1 aliphatic rings. The zero-order valence-corrected chi connectivity index (χ0v) is 9.32. The van der Waals surface area contributed by atoms with Crippen LogP contribution in [0.3, 0.4) is 0 Å². The molecule has 0 aromatic rings. The third-order valence-corrected chi connectivity index (χ3v) is 2.94. The first-order valence-electron chi connectivity index (χ1n) is 5.33. The zero-order valence-electron chi connectivity index (χ0n) is 9.32. The number of aliphatic imine (C=N–C) groups is 1. The Morgan fingerprint density at radius 1 is 1.43 bits per heavy atom. The van der Waals surface area contributed by atoms with Crippen LogP contribution in [0.15, 0.2) is 4.99 Å². The molecule has 0 aromatic carbocycles. The molecule has 82 valence electrons. The highest BCUT2D eigenvalue weighted by atomic mass is 15.2. The van der Waals surface area contributed by atoms with Crippen molar-refractivity contribution in [3.63, 3.8) is 0 Å². The average molecular weight is 198 g/mol. The third-order valence-electron chi connectivity index (χ3n) is 2.94. The molecule has 1 fully saturated rings. The minimum Gasteiger partial charge on any atom is -0.390 e. The topological polar surface area (TPSA) is 44.9 Å². The van der Waals surface area contributed by atoms with E-state index in [0.29, 0.717) is 0 Å². The summed E-state index contributed by atoms with van der Waals surface area (Å²) in [6.45, 7) is 4.28. The van der Waals surface area contributed by atoms with E-state index in [0.717, 1.165) is 19.1 Å². The Bertz CT molecular complexity index is 171. The Kier molecular flexibility index (Phi) is 4.90. The molecule has 0 radical (unpaired) electrons. The van der Waals surface area contributed by atoms with Crippen molar-refractivity contribution in [2.75, 3.05) is 40.3 Å². The summed E-state index contributed by atoms with van der Waals surface area (Å²) < 4.78 is 0. The molecule has 0 aliphatic carbocycles. The maximum atomic E-state index is 5.19. The van der Waals surface area contributed by atoms with Crippen LogP contribution in [0.25, 0.3) is 0 Å². The predicted molar refractivity (Wildman–Crippen MR) is 60.7 cm³/mol. The largest absolute Gasteiger partial charge is 0.390 e. The molecule has 1 saturated heterocycles. The maximum absolute atomic E-state index is 5.19. The summed E-state index contributed by atoms with van der Waals surface area (Å²) in [5.74, 6) is 0. The van der Waals surface area contributed by atoms with Crippen molar-refractivity contribution in [3.05, 3.63) is 0 Å². The van der Waals surface area contributed by atoms with Crippen molar-refractivity contribution >= 4 is 6.34 Å². The fraction of sp³-hybridized carbons (Fsp3) is 0.900. The predicted octanol–water partition coefficient (Wildman–Crippen LogP) is -0.000600. The van der Waals surface area contributed by atoms with E-state index in [4.69, 9.17) is 5.73 Å². The molecule has 0 aromatic heterocycles. The van der Waals surface area contributed by atoms with Gasteiger partial charge in [0, 0.05) is 12.6 Å². The second-order valence-electron chi connectivity index (χ2n) is 4.09. The van der Waals surface area contributed by atoms with Crippen molar-refractivity contribution in [1.29, 1.82) is 0 Å². The van der Waals surface area contributed by atoms with Crippen molar-refractivity contribution in [2.45, 2.75) is 18.9 Å². The number of nitrogens with two attached hydrogens (primary N) is 1. The lowest BCUT2D eigenvalue weighted by molar-refractivity contribution is 0.148. The van der Waals surface area contributed by atoms with E-state index in [-0.39, 0.29) is 0 Å². The Labute approximate surface area is 86.8 Å². The van der Waals surface area contributed by atoms with Gasteiger partial charge in [0.05, 0.1) is 12.9 Å². The number of hydrogen-bond donors (Lipinski definition) is 1. The molecule has 0 atom stereocenters. The first-order valence-corrected chi connectivity index (χ1v) is 5.33. The molecule has 2 N–H and O–H groups in total. The van der Waals surface area contributed by atoms with Crippen LogP contribution in [-0.4, -0.2) is 62.5 Å². The van der Waals surface area contributed by atoms with Crippen LogP contribution in [-0.2, 0) is 0 Å². The molecule has 0 unspecified atom stereocenters. The van der Waals surface area contributed by atoms with Gasteiger partial charge in [-0.15, -0.1) is 0 Å². The van der Waals surface area contributed by atoms with E-state index in [1.165, 1.54) is 32.3 Å². The first kappa shape index (κ1) is 11.5. The normalized spacial score (nSPS) is 21.1. The second-order valence-corrected chi connectivity index (χ2v) is 4.09. The molecule has 0 spiro atoms. The highest BCUT2D eigenvalue weighted by Crippen LogP contribution is 2.13. The van der Waals surface area contributed by atoms with Gasteiger partial charge in [0.25, 0.3) is 0 Å². The van der Waals surface area contributed by atoms with Crippen LogP contribution in [0.4, 0.5) is 0 Å². The van der Waals surface area contributed by atoms with Crippen molar-refractivity contribution < 1.29 is 0 Å². The number of hydrogen-bond acceptors (Lipinski definition) is 3. The standard InChI is InChI=1S/C10H22N4/c1-13(2)10-3-6-14(7-4-10)8-5-12-9-11/h9-10H,3-8H2,1-2H3,(H2,11,12). The highest BCUT2D eigenvalue weighted by molar-refractivity contribution is 5.50. The summed E-state index contributed by atoms with van der Waals surface area (Å²) in [4.78, 5) is 8.81. The zero-order chi connectivity index (χ0) is 10.4. The molecule has 4 heteroatoms. The molecular weight excluding hydrogens is 176 g/mol. The highest BCUT2D eigenvalue weighted by Gasteiger charge is 2.19. The van der Waals surface area contributed by atoms with E-state index in [1.54, 1.807) is 0 Å². The van der Waals surface area contributed by atoms with Gasteiger partial charge in [-0.25, -0.2) is 0 Å². The molecule has 0 bridgehead atoms. The molecule has 1 heterocycles. The number of piperidine rings is 1. The average Bonchev–Trinajstić information content (AvgIpc) is 2.19. The number of nitrogens with zero attached hydrogens (tertiary/aromatic N) is 3. The quantitative estimate of drug-likeness (QED) is 0.511.